The first-order chi connectivity index (χ1) is 17.4. The smallest absolute Gasteiger partial charge is 0.255 e. The SMILES string of the molecule is CN(C)CCNC(=O)C1CSC(c2ccc(OCc3ccccc3)cc2)N1C(=O)c1ccc(Cl)cc1. The molecule has 188 valence electrons. The largest absolute Gasteiger partial charge is 0.489 e. The molecule has 0 saturated carbocycles. The highest BCUT2D eigenvalue weighted by Gasteiger charge is 2.42. The molecule has 0 bridgehead atoms. The van der Waals surface area contributed by atoms with Gasteiger partial charge in [0.05, 0.1) is 0 Å². The summed E-state index contributed by atoms with van der Waals surface area (Å²) < 4.78 is 5.92. The topological polar surface area (TPSA) is 61.9 Å². The number of carbonyl (C=O) groups excluding carboxylic acids is 2. The van der Waals surface area contributed by atoms with Gasteiger partial charge in [-0.2, -0.15) is 0 Å². The lowest BCUT2D eigenvalue weighted by Gasteiger charge is -2.29. The fraction of sp³-hybridized carbons (Fsp3) is 0.286. The molecule has 3 aromatic rings. The average molecular weight is 524 g/mol. The molecule has 1 aliphatic heterocycles. The Labute approximate surface area is 221 Å². The molecule has 2 atom stereocenters. The predicted molar refractivity (Wildman–Crippen MR) is 145 cm³/mol. The van der Waals surface area contributed by atoms with Crippen molar-refractivity contribution < 1.29 is 14.3 Å². The van der Waals surface area contributed by atoms with Gasteiger partial charge >= 0.3 is 0 Å². The number of likely N-dealkylation sites (N-methyl/N-ethyl adjacent to an activating group) is 1. The number of hydrogen-bond donors (Lipinski definition) is 1. The van der Waals surface area contributed by atoms with Gasteiger partial charge in [0.2, 0.25) is 5.91 Å². The normalized spacial score (nSPS) is 17.3. The fourth-order valence-corrected chi connectivity index (χ4v) is 5.50. The zero-order chi connectivity index (χ0) is 25.5. The van der Waals surface area contributed by atoms with Crippen LogP contribution in [0.4, 0.5) is 0 Å². The molecule has 1 fully saturated rings. The maximum absolute atomic E-state index is 13.6. The lowest BCUT2D eigenvalue weighted by molar-refractivity contribution is -0.124. The quantitative estimate of drug-likeness (QED) is 0.434. The van der Waals surface area contributed by atoms with Crippen LogP contribution >= 0.6 is 23.4 Å². The van der Waals surface area contributed by atoms with Crippen LogP contribution in [-0.2, 0) is 11.4 Å². The number of ether oxygens (including phenoxy) is 1. The average Bonchev–Trinajstić information content (AvgIpc) is 3.33. The van der Waals surface area contributed by atoms with Gasteiger partial charge in [-0.15, -0.1) is 11.8 Å². The summed E-state index contributed by atoms with van der Waals surface area (Å²) in [5.41, 5.74) is 2.54. The van der Waals surface area contributed by atoms with Gasteiger partial charge in [-0.1, -0.05) is 54.1 Å². The number of amides is 2. The Morgan fingerprint density at radius 2 is 1.72 bits per heavy atom. The molecular weight excluding hydrogens is 494 g/mol. The predicted octanol–water partition coefficient (Wildman–Crippen LogP) is 4.85. The molecule has 1 heterocycles. The molecule has 0 radical (unpaired) electrons. The second-order valence-corrected chi connectivity index (χ2v) is 10.4. The van der Waals surface area contributed by atoms with E-state index in [1.54, 1.807) is 40.9 Å². The number of hydrogen-bond acceptors (Lipinski definition) is 5. The number of halogens is 1. The molecular formula is C28H30ClN3O3S. The van der Waals surface area contributed by atoms with Crippen molar-refractivity contribution in [2.45, 2.75) is 18.0 Å². The minimum Gasteiger partial charge on any atom is -0.489 e. The molecule has 1 N–H and O–H groups in total. The van der Waals surface area contributed by atoms with Crippen LogP contribution in [0.1, 0.15) is 26.9 Å². The van der Waals surface area contributed by atoms with Crippen LogP contribution in [0, 0.1) is 0 Å². The second-order valence-electron chi connectivity index (χ2n) is 8.86. The van der Waals surface area contributed by atoms with E-state index in [4.69, 9.17) is 16.3 Å². The Morgan fingerprint density at radius 1 is 1.03 bits per heavy atom. The van der Waals surface area contributed by atoms with E-state index in [9.17, 15) is 9.59 Å². The molecule has 4 rings (SSSR count). The van der Waals surface area contributed by atoms with E-state index in [0.717, 1.165) is 23.4 Å². The van der Waals surface area contributed by atoms with Gasteiger partial charge in [0.25, 0.3) is 5.91 Å². The van der Waals surface area contributed by atoms with Crippen LogP contribution in [0.5, 0.6) is 5.75 Å². The summed E-state index contributed by atoms with van der Waals surface area (Å²) in [6.07, 6.45) is 0. The number of carbonyl (C=O) groups is 2. The lowest BCUT2D eigenvalue weighted by atomic mass is 10.1. The molecule has 0 aromatic heterocycles. The standard InChI is InChI=1S/C28H30ClN3O3S/c1-31(2)17-16-30-26(33)25-19-36-28(32(25)27(34)21-8-12-23(29)13-9-21)22-10-14-24(15-11-22)35-18-20-6-4-3-5-7-20/h3-15,25,28H,16-19H2,1-2H3,(H,30,33). The Kier molecular flexibility index (Phi) is 8.91. The molecule has 2 unspecified atom stereocenters. The van der Waals surface area contributed by atoms with Gasteiger partial charge in [0, 0.05) is 29.4 Å². The Balaban J connectivity index is 1.52. The molecule has 1 saturated heterocycles. The highest BCUT2D eigenvalue weighted by Crippen LogP contribution is 2.42. The van der Waals surface area contributed by atoms with Gasteiger partial charge in [0.15, 0.2) is 0 Å². The van der Waals surface area contributed by atoms with Crippen LogP contribution in [0.25, 0.3) is 0 Å². The molecule has 36 heavy (non-hydrogen) atoms. The summed E-state index contributed by atoms with van der Waals surface area (Å²) >= 11 is 7.62. The monoisotopic (exact) mass is 523 g/mol. The van der Waals surface area contributed by atoms with Crippen molar-refractivity contribution >= 4 is 35.2 Å². The third kappa shape index (κ3) is 6.60. The highest BCUT2D eigenvalue weighted by molar-refractivity contribution is 7.99. The van der Waals surface area contributed by atoms with E-state index in [2.05, 4.69) is 5.32 Å². The summed E-state index contributed by atoms with van der Waals surface area (Å²) in [6.45, 7) is 1.73. The summed E-state index contributed by atoms with van der Waals surface area (Å²) in [5.74, 6) is 0.930. The van der Waals surface area contributed by atoms with Crippen molar-refractivity contribution in [2.75, 3.05) is 32.9 Å². The molecule has 8 heteroatoms. The number of thioether (sulfide) groups is 1. The van der Waals surface area contributed by atoms with Gasteiger partial charge in [0.1, 0.15) is 23.8 Å². The van der Waals surface area contributed by atoms with Crippen molar-refractivity contribution in [3.05, 3.63) is 101 Å². The zero-order valence-electron chi connectivity index (χ0n) is 20.4. The lowest BCUT2D eigenvalue weighted by Crippen LogP contribution is -2.49. The van der Waals surface area contributed by atoms with E-state index < -0.39 is 6.04 Å². The van der Waals surface area contributed by atoms with Gasteiger partial charge in [-0.25, -0.2) is 0 Å². The molecule has 1 aliphatic rings. The van der Waals surface area contributed by atoms with E-state index >= 15 is 0 Å². The maximum atomic E-state index is 13.6. The number of benzene rings is 3. The third-order valence-electron chi connectivity index (χ3n) is 5.90. The summed E-state index contributed by atoms with van der Waals surface area (Å²) in [6, 6.07) is 24.0. The summed E-state index contributed by atoms with van der Waals surface area (Å²) in [5, 5.41) is 3.25. The molecule has 6 nitrogen and oxygen atoms in total. The van der Waals surface area contributed by atoms with Crippen LogP contribution in [0.3, 0.4) is 0 Å². The Hall–Kier alpha value is -3.00. The van der Waals surface area contributed by atoms with Crippen molar-refractivity contribution in [1.82, 2.24) is 15.1 Å². The highest BCUT2D eigenvalue weighted by atomic mass is 35.5. The van der Waals surface area contributed by atoms with Crippen molar-refractivity contribution in [3.63, 3.8) is 0 Å². The number of nitrogens with zero attached hydrogens (tertiary/aromatic N) is 2. The first-order valence-corrected chi connectivity index (χ1v) is 13.2. The van der Waals surface area contributed by atoms with E-state index in [-0.39, 0.29) is 17.2 Å². The van der Waals surface area contributed by atoms with Gasteiger partial charge in [-0.05, 0) is 61.6 Å². The van der Waals surface area contributed by atoms with Crippen LogP contribution in [-0.4, -0.2) is 60.6 Å². The van der Waals surface area contributed by atoms with Crippen molar-refractivity contribution in [3.8, 4) is 5.75 Å². The summed E-state index contributed by atoms with van der Waals surface area (Å²) in [7, 11) is 3.91. The summed E-state index contributed by atoms with van der Waals surface area (Å²) in [4.78, 5) is 30.4. The van der Waals surface area contributed by atoms with Crippen LogP contribution < -0.4 is 10.1 Å². The Bertz CT molecular complexity index is 1160. The number of rotatable bonds is 9. The molecule has 0 spiro atoms. The van der Waals surface area contributed by atoms with E-state index in [0.29, 0.717) is 29.5 Å². The van der Waals surface area contributed by atoms with Crippen LogP contribution in [0.2, 0.25) is 5.02 Å². The fourth-order valence-electron chi connectivity index (χ4n) is 3.94. The Morgan fingerprint density at radius 3 is 2.39 bits per heavy atom. The zero-order valence-corrected chi connectivity index (χ0v) is 22.0. The molecule has 3 aromatic carbocycles. The van der Waals surface area contributed by atoms with E-state index in [1.807, 2.05) is 73.6 Å². The minimum atomic E-state index is -0.570. The molecule has 2 amide bonds. The van der Waals surface area contributed by atoms with Crippen molar-refractivity contribution in [2.24, 2.45) is 0 Å². The van der Waals surface area contributed by atoms with E-state index in [1.165, 1.54) is 0 Å². The third-order valence-corrected chi connectivity index (χ3v) is 7.48. The minimum absolute atomic E-state index is 0.142. The molecule has 0 aliphatic carbocycles. The maximum Gasteiger partial charge on any atom is 0.255 e. The number of nitrogens with one attached hydrogen (secondary N) is 1. The second kappa shape index (κ2) is 12.3. The first kappa shape index (κ1) is 26.1. The van der Waals surface area contributed by atoms with Gasteiger partial charge < -0.3 is 19.9 Å². The first-order valence-electron chi connectivity index (χ1n) is 11.8. The van der Waals surface area contributed by atoms with Crippen LogP contribution in [0.15, 0.2) is 78.9 Å². The van der Waals surface area contributed by atoms with Gasteiger partial charge in [-0.3, -0.25) is 9.59 Å². The van der Waals surface area contributed by atoms with Crippen molar-refractivity contribution in [1.29, 1.82) is 0 Å².